The lowest BCUT2D eigenvalue weighted by Crippen LogP contribution is -2.40. The molecule has 356 valence electrons. The Morgan fingerprint density at radius 2 is 0.974 bits per heavy atom. The first-order chi connectivity index (χ1) is 37.5. The molecule has 0 aliphatic heterocycles. The molecule has 4 atom stereocenters. The highest BCUT2D eigenvalue weighted by Gasteiger charge is 2.95. The molecule has 1 heteroatoms. The average Bonchev–Trinajstić information content (AvgIpc) is 1.47. The van der Waals surface area contributed by atoms with Gasteiger partial charge in [-0.25, -0.2) is 0 Å². The van der Waals surface area contributed by atoms with Crippen molar-refractivity contribution in [1.82, 2.24) is 0 Å². The Kier molecular flexibility index (Phi) is 7.72. The number of nitrogens with zero attached hydrogens (tertiary/aromatic N) is 1. The molecule has 7 aliphatic rings. The molecule has 1 nitrogen and oxygen atoms in total. The maximum atomic E-state index is 2.66. The van der Waals surface area contributed by atoms with Crippen LogP contribution in [-0.4, -0.2) is 0 Å². The third-order valence-electron chi connectivity index (χ3n) is 20.0. The summed E-state index contributed by atoms with van der Waals surface area (Å²) in [6.07, 6.45) is 4.65. The zero-order valence-corrected chi connectivity index (χ0v) is 42.5. The first kappa shape index (κ1) is 41.6. The van der Waals surface area contributed by atoms with Crippen LogP contribution in [0, 0.1) is 0 Å². The minimum Gasteiger partial charge on any atom is -0.310 e. The van der Waals surface area contributed by atoms with E-state index in [2.05, 4.69) is 261 Å². The number of rotatable bonds is 5. The Balaban J connectivity index is 0.862. The summed E-state index contributed by atoms with van der Waals surface area (Å²) in [6.45, 7) is 4.81. The molecular formula is C75H51N. The molecule has 0 amide bonds. The van der Waals surface area contributed by atoms with E-state index in [1.54, 1.807) is 5.57 Å². The van der Waals surface area contributed by atoms with E-state index in [0.29, 0.717) is 0 Å². The van der Waals surface area contributed by atoms with Gasteiger partial charge in [0.05, 0.1) is 10.8 Å². The highest BCUT2D eigenvalue weighted by atomic mass is 15.1. The molecule has 0 saturated heterocycles. The zero-order chi connectivity index (χ0) is 49.9. The number of hydrogen-bond donors (Lipinski definition) is 0. The Bertz CT molecular complexity index is 4580. The van der Waals surface area contributed by atoms with Crippen molar-refractivity contribution in [3.8, 4) is 44.5 Å². The predicted molar refractivity (Wildman–Crippen MR) is 312 cm³/mol. The Hall–Kier alpha value is -8.78. The second-order valence-electron chi connectivity index (χ2n) is 23.2. The van der Waals surface area contributed by atoms with Gasteiger partial charge in [0.15, 0.2) is 0 Å². The second-order valence-corrected chi connectivity index (χ2v) is 23.2. The first-order valence-electron chi connectivity index (χ1n) is 27.5. The molecule has 1 saturated carbocycles. The molecule has 7 aliphatic carbocycles. The van der Waals surface area contributed by atoms with Crippen LogP contribution in [0.5, 0.6) is 0 Å². The van der Waals surface area contributed by atoms with Crippen molar-refractivity contribution in [2.24, 2.45) is 0 Å². The zero-order valence-electron chi connectivity index (χ0n) is 42.5. The highest BCUT2D eigenvalue weighted by Crippen LogP contribution is 2.93. The Morgan fingerprint density at radius 3 is 1.76 bits per heavy atom. The summed E-state index contributed by atoms with van der Waals surface area (Å²) >= 11 is 0. The topological polar surface area (TPSA) is 3.24 Å². The van der Waals surface area contributed by atoms with Crippen molar-refractivity contribution in [2.45, 2.75) is 54.3 Å². The third kappa shape index (κ3) is 4.58. The van der Waals surface area contributed by atoms with Gasteiger partial charge >= 0.3 is 0 Å². The summed E-state index contributed by atoms with van der Waals surface area (Å²) in [5.41, 5.74) is 29.0. The van der Waals surface area contributed by atoms with Gasteiger partial charge in [-0.2, -0.15) is 0 Å². The predicted octanol–water partition coefficient (Wildman–Crippen LogP) is 16.7. The van der Waals surface area contributed by atoms with Gasteiger partial charge in [-0.3, -0.25) is 0 Å². The standard InChI is InChI=1S/C75H51N/c1-72(2)61-27-11-8-23-54(61)57-40-38-51(43-67(57)72)76(50-36-33-45(34-37-50)48-35-39-59-60(42-48)53-22-6-7-26-58(53)69(59)46-17-4-3-5-18-46)52-41-49-21-16-32-66-71(49)68(44-52)74-63-29-13-10-25-56(63)55-24-9-12-28-62(55)73(74)64-30-14-19-47-20-15-31-65(70(47)64)75(66,73)74/h3-14,16-30,32-44,69H,15,31H2,1-2H3. The fraction of sp³-hybridized carbons (Fsp3) is 0.120. The molecule has 0 N–H and O–H groups in total. The summed E-state index contributed by atoms with van der Waals surface area (Å²) in [6, 6.07) is 91.7. The molecule has 3 spiro atoms. The quantitative estimate of drug-likeness (QED) is 0.166. The summed E-state index contributed by atoms with van der Waals surface area (Å²) in [4.78, 5) is 2.58. The van der Waals surface area contributed by atoms with E-state index in [0.717, 1.165) is 18.5 Å². The largest absolute Gasteiger partial charge is 0.310 e. The summed E-state index contributed by atoms with van der Waals surface area (Å²) in [7, 11) is 0. The van der Waals surface area contributed by atoms with E-state index in [1.165, 1.54) is 133 Å². The van der Waals surface area contributed by atoms with Gasteiger partial charge in [0, 0.05) is 33.8 Å². The van der Waals surface area contributed by atoms with Crippen molar-refractivity contribution in [1.29, 1.82) is 0 Å². The van der Waals surface area contributed by atoms with Gasteiger partial charge in [0.1, 0.15) is 0 Å². The molecular weight excluding hydrogens is 915 g/mol. The molecule has 1 fully saturated rings. The lowest BCUT2D eigenvalue weighted by molar-refractivity contribution is 0.660. The smallest absolute Gasteiger partial charge is 0.0512 e. The van der Waals surface area contributed by atoms with Crippen molar-refractivity contribution in [3.05, 3.63) is 303 Å². The Morgan fingerprint density at radius 1 is 0.382 bits per heavy atom. The fourth-order valence-electron chi connectivity index (χ4n) is 17.5. The minimum absolute atomic E-state index is 0.154. The molecule has 0 bridgehead atoms. The monoisotopic (exact) mass is 965 g/mol. The lowest BCUT2D eigenvalue weighted by Gasteiger charge is -2.37. The van der Waals surface area contributed by atoms with Crippen LogP contribution in [0.2, 0.25) is 0 Å². The molecule has 18 rings (SSSR count). The number of anilines is 3. The van der Waals surface area contributed by atoms with Crippen LogP contribution in [0.4, 0.5) is 17.1 Å². The van der Waals surface area contributed by atoms with E-state index in [1.807, 2.05) is 0 Å². The lowest BCUT2D eigenvalue weighted by atomic mass is 9.65. The second kappa shape index (κ2) is 14.1. The average molecular weight is 966 g/mol. The highest BCUT2D eigenvalue weighted by molar-refractivity contribution is 6.12. The van der Waals surface area contributed by atoms with Gasteiger partial charge in [0.25, 0.3) is 0 Å². The summed E-state index contributed by atoms with van der Waals surface area (Å²) in [5.74, 6) is 0.227. The van der Waals surface area contributed by atoms with Crippen LogP contribution >= 0.6 is 0 Å². The SMILES string of the molecule is CC1(C)c2ccccc2-c2ccc(N(c3ccc(-c4ccc5c(c4)-c4ccccc4C5c4ccccc4)cc3)c3cc4c5c(cccc5c3)C35C6=c7c(cccc7=CCC6)C36c3ccccc3-c3ccccc3C456)cc21. The summed E-state index contributed by atoms with van der Waals surface area (Å²) in [5, 5.41) is 5.70. The molecule has 0 radical (unpaired) electrons. The van der Waals surface area contributed by atoms with E-state index >= 15 is 0 Å². The maximum absolute atomic E-state index is 2.66. The van der Waals surface area contributed by atoms with E-state index in [4.69, 9.17) is 0 Å². The van der Waals surface area contributed by atoms with Crippen molar-refractivity contribution in [2.75, 3.05) is 4.90 Å². The normalized spacial score (nSPS) is 21.9. The van der Waals surface area contributed by atoms with Crippen LogP contribution < -0.4 is 15.3 Å². The van der Waals surface area contributed by atoms with Crippen LogP contribution in [0.3, 0.4) is 0 Å². The molecule has 4 unspecified atom stereocenters. The molecule has 11 aromatic carbocycles. The maximum Gasteiger partial charge on any atom is 0.0512 e. The van der Waals surface area contributed by atoms with Gasteiger partial charge in [0.2, 0.25) is 0 Å². The minimum atomic E-state index is -0.329. The number of hydrogen-bond acceptors (Lipinski definition) is 1. The molecule has 0 aromatic heterocycles. The Labute approximate surface area is 443 Å². The van der Waals surface area contributed by atoms with Crippen molar-refractivity contribution >= 4 is 39.5 Å². The number of benzene rings is 11. The van der Waals surface area contributed by atoms with Crippen molar-refractivity contribution < 1.29 is 0 Å². The van der Waals surface area contributed by atoms with Crippen molar-refractivity contribution in [3.63, 3.8) is 0 Å². The van der Waals surface area contributed by atoms with Crippen LogP contribution in [0.25, 0.3) is 66.9 Å². The third-order valence-corrected chi connectivity index (χ3v) is 20.0. The fourth-order valence-corrected chi connectivity index (χ4v) is 17.5. The first-order valence-corrected chi connectivity index (χ1v) is 27.5. The van der Waals surface area contributed by atoms with Gasteiger partial charge in [-0.05, 0) is 182 Å². The van der Waals surface area contributed by atoms with Gasteiger partial charge < -0.3 is 4.90 Å². The van der Waals surface area contributed by atoms with Crippen LogP contribution in [0.1, 0.15) is 88.2 Å². The van der Waals surface area contributed by atoms with Gasteiger partial charge in [-0.15, -0.1) is 0 Å². The number of fused-ring (bicyclic) bond motifs is 9. The molecule has 76 heavy (non-hydrogen) atoms. The van der Waals surface area contributed by atoms with Crippen LogP contribution in [0.15, 0.2) is 237 Å². The van der Waals surface area contributed by atoms with E-state index in [9.17, 15) is 0 Å². The van der Waals surface area contributed by atoms with E-state index < -0.39 is 0 Å². The molecule has 11 aromatic rings. The van der Waals surface area contributed by atoms with Crippen LogP contribution in [-0.2, 0) is 21.7 Å². The van der Waals surface area contributed by atoms with Gasteiger partial charge in [-0.1, -0.05) is 214 Å². The molecule has 0 heterocycles. The summed E-state index contributed by atoms with van der Waals surface area (Å²) < 4.78 is 0. The van der Waals surface area contributed by atoms with E-state index in [-0.39, 0.29) is 27.6 Å².